The molecule has 1 atom stereocenters. The first-order valence-corrected chi connectivity index (χ1v) is 9.08. The highest BCUT2D eigenvalue weighted by molar-refractivity contribution is 5.99. The molecule has 4 heterocycles. The Bertz CT molecular complexity index is 905. The first kappa shape index (κ1) is 16.7. The predicted molar refractivity (Wildman–Crippen MR) is 100 cm³/mol. The van der Waals surface area contributed by atoms with Gasteiger partial charge >= 0.3 is 0 Å². The number of fused-ring (bicyclic) bond motifs is 1. The summed E-state index contributed by atoms with van der Waals surface area (Å²) >= 11 is 0. The summed E-state index contributed by atoms with van der Waals surface area (Å²) in [5.74, 6) is 0.836. The molecule has 26 heavy (non-hydrogen) atoms. The fraction of sp³-hybridized carbons (Fsp3) is 0.350. The lowest BCUT2D eigenvalue weighted by molar-refractivity contribution is 0.0951. The maximum absolute atomic E-state index is 12.7. The monoisotopic (exact) mass is 349 g/mol. The minimum Gasteiger partial charge on any atom is -0.350 e. The Morgan fingerprint density at radius 2 is 2.23 bits per heavy atom. The summed E-state index contributed by atoms with van der Waals surface area (Å²) in [5.41, 5.74) is 2.48. The van der Waals surface area contributed by atoms with Crippen molar-refractivity contribution < 1.29 is 4.79 Å². The van der Waals surface area contributed by atoms with E-state index in [4.69, 9.17) is 4.98 Å². The van der Waals surface area contributed by atoms with Crippen LogP contribution in [0.25, 0.3) is 5.52 Å². The van der Waals surface area contributed by atoms with E-state index in [0.29, 0.717) is 12.2 Å². The second kappa shape index (κ2) is 7.25. The van der Waals surface area contributed by atoms with Gasteiger partial charge in [0, 0.05) is 25.1 Å². The zero-order chi connectivity index (χ0) is 17.9. The number of rotatable bonds is 5. The fourth-order valence-corrected chi connectivity index (χ4v) is 3.65. The summed E-state index contributed by atoms with van der Waals surface area (Å²) in [4.78, 5) is 23.9. The van der Waals surface area contributed by atoms with E-state index in [-0.39, 0.29) is 11.9 Å². The Kier molecular flexibility index (Phi) is 4.67. The summed E-state index contributed by atoms with van der Waals surface area (Å²) < 4.78 is 2.06. The summed E-state index contributed by atoms with van der Waals surface area (Å²) in [5, 5.41) is 3.00. The first-order chi connectivity index (χ1) is 12.7. The summed E-state index contributed by atoms with van der Waals surface area (Å²) in [6.45, 7) is 1.63. The molecule has 1 fully saturated rings. The molecule has 4 rings (SSSR count). The topological polar surface area (TPSA) is 62.5 Å². The Hall–Kier alpha value is -2.73. The van der Waals surface area contributed by atoms with E-state index in [1.807, 2.05) is 42.7 Å². The van der Waals surface area contributed by atoms with Gasteiger partial charge in [-0.25, -0.2) is 4.98 Å². The molecule has 0 radical (unpaired) electrons. The van der Waals surface area contributed by atoms with Gasteiger partial charge in [0.1, 0.15) is 5.82 Å². The van der Waals surface area contributed by atoms with Gasteiger partial charge < -0.3 is 9.72 Å². The second-order valence-electron chi connectivity index (χ2n) is 6.78. The van der Waals surface area contributed by atoms with Crippen LogP contribution in [-0.2, 0) is 6.42 Å². The van der Waals surface area contributed by atoms with Gasteiger partial charge in [-0.3, -0.25) is 14.7 Å². The Balaban J connectivity index is 1.55. The van der Waals surface area contributed by atoms with Crippen molar-refractivity contribution in [2.24, 2.45) is 0 Å². The highest BCUT2D eigenvalue weighted by Gasteiger charge is 2.28. The third-order valence-corrected chi connectivity index (χ3v) is 5.03. The number of carbonyl (C=O) groups excluding carboxylic acids is 1. The summed E-state index contributed by atoms with van der Waals surface area (Å²) in [6, 6.07) is 10.1. The van der Waals surface area contributed by atoms with E-state index < -0.39 is 0 Å². The Morgan fingerprint density at radius 3 is 3.00 bits per heavy atom. The van der Waals surface area contributed by atoms with E-state index in [9.17, 15) is 4.79 Å². The molecular weight excluding hydrogens is 326 g/mol. The van der Waals surface area contributed by atoms with Gasteiger partial charge in [0.2, 0.25) is 0 Å². The van der Waals surface area contributed by atoms with Crippen molar-refractivity contribution in [3.63, 3.8) is 0 Å². The molecule has 1 unspecified atom stereocenters. The van der Waals surface area contributed by atoms with Crippen molar-refractivity contribution in [3.05, 3.63) is 66.0 Å². The molecule has 1 saturated heterocycles. The van der Waals surface area contributed by atoms with E-state index in [1.54, 1.807) is 6.20 Å². The SMILES string of the molecule is CN1CCCC1c1nc(C(=O)NCCc2cccnc2)c2ccccn12. The highest BCUT2D eigenvalue weighted by atomic mass is 16.1. The zero-order valence-corrected chi connectivity index (χ0v) is 14.9. The van der Waals surface area contributed by atoms with Crippen LogP contribution in [0, 0.1) is 0 Å². The van der Waals surface area contributed by atoms with Crippen LogP contribution in [0.5, 0.6) is 0 Å². The number of amides is 1. The van der Waals surface area contributed by atoms with Crippen molar-refractivity contribution in [2.75, 3.05) is 20.1 Å². The van der Waals surface area contributed by atoms with E-state index in [0.717, 1.165) is 42.7 Å². The van der Waals surface area contributed by atoms with Crippen LogP contribution >= 0.6 is 0 Å². The zero-order valence-electron chi connectivity index (χ0n) is 14.9. The molecule has 0 bridgehead atoms. The number of carbonyl (C=O) groups is 1. The van der Waals surface area contributed by atoms with Crippen molar-refractivity contribution in [1.29, 1.82) is 0 Å². The molecule has 3 aromatic heterocycles. The highest BCUT2D eigenvalue weighted by Crippen LogP contribution is 2.31. The standard InChI is InChI=1S/C20H23N5O/c1-24-12-5-8-17(24)19-23-18(16-7-2-3-13-25(16)19)20(26)22-11-9-15-6-4-10-21-14-15/h2-4,6-7,10,13-14,17H,5,8-9,11-12H2,1H3,(H,22,26). The smallest absolute Gasteiger partial charge is 0.272 e. The minimum atomic E-state index is -0.121. The number of hydrogen-bond acceptors (Lipinski definition) is 4. The second-order valence-corrected chi connectivity index (χ2v) is 6.78. The molecular formula is C20H23N5O. The van der Waals surface area contributed by atoms with Crippen LogP contribution in [0.15, 0.2) is 48.9 Å². The average Bonchev–Trinajstić information content (AvgIpc) is 3.26. The van der Waals surface area contributed by atoms with Crippen LogP contribution in [0.4, 0.5) is 0 Å². The molecule has 6 nitrogen and oxygen atoms in total. The van der Waals surface area contributed by atoms with Gasteiger partial charge in [-0.2, -0.15) is 0 Å². The van der Waals surface area contributed by atoms with Crippen molar-refractivity contribution >= 4 is 11.4 Å². The molecule has 3 aromatic rings. The molecule has 6 heteroatoms. The number of pyridine rings is 2. The number of hydrogen-bond donors (Lipinski definition) is 1. The maximum Gasteiger partial charge on any atom is 0.272 e. The molecule has 1 aliphatic heterocycles. The number of likely N-dealkylation sites (tertiary alicyclic amines) is 1. The lowest BCUT2D eigenvalue weighted by atomic mass is 10.2. The molecule has 0 aliphatic carbocycles. The predicted octanol–water partition coefficient (Wildman–Crippen LogP) is 2.47. The Morgan fingerprint density at radius 1 is 1.31 bits per heavy atom. The van der Waals surface area contributed by atoms with Crippen LogP contribution in [0.3, 0.4) is 0 Å². The number of aromatic nitrogens is 3. The lowest BCUT2D eigenvalue weighted by Crippen LogP contribution is -2.26. The lowest BCUT2D eigenvalue weighted by Gasteiger charge is -2.17. The van der Waals surface area contributed by atoms with Crippen molar-refractivity contribution in [2.45, 2.75) is 25.3 Å². The van der Waals surface area contributed by atoms with Crippen molar-refractivity contribution in [1.82, 2.24) is 24.6 Å². The molecule has 1 N–H and O–H groups in total. The Labute approximate surface area is 152 Å². The molecule has 0 aromatic carbocycles. The van der Waals surface area contributed by atoms with E-state index in [2.05, 4.69) is 26.6 Å². The molecule has 134 valence electrons. The molecule has 0 saturated carbocycles. The van der Waals surface area contributed by atoms with E-state index >= 15 is 0 Å². The van der Waals surface area contributed by atoms with Crippen LogP contribution in [-0.4, -0.2) is 45.3 Å². The minimum absolute atomic E-state index is 0.121. The molecule has 1 amide bonds. The van der Waals surface area contributed by atoms with Gasteiger partial charge in [-0.1, -0.05) is 12.1 Å². The first-order valence-electron chi connectivity index (χ1n) is 9.08. The van der Waals surface area contributed by atoms with Gasteiger partial charge in [-0.15, -0.1) is 0 Å². The normalized spacial score (nSPS) is 17.7. The fourth-order valence-electron chi connectivity index (χ4n) is 3.65. The van der Waals surface area contributed by atoms with Crippen LogP contribution in [0.2, 0.25) is 0 Å². The van der Waals surface area contributed by atoms with Crippen molar-refractivity contribution in [3.8, 4) is 0 Å². The van der Waals surface area contributed by atoms with Crippen LogP contribution in [0.1, 0.15) is 40.8 Å². The quantitative estimate of drug-likeness (QED) is 0.769. The van der Waals surface area contributed by atoms with Crippen LogP contribution < -0.4 is 5.32 Å². The number of nitrogens with one attached hydrogen (secondary N) is 1. The van der Waals surface area contributed by atoms with Gasteiger partial charge in [0.25, 0.3) is 5.91 Å². The molecule has 0 spiro atoms. The largest absolute Gasteiger partial charge is 0.350 e. The van der Waals surface area contributed by atoms with Gasteiger partial charge in [0.05, 0.1) is 11.6 Å². The number of nitrogens with zero attached hydrogens (tertiary/aromatic N) is 4. The maximum atomic E-state index is 12.7. The van der Waals surface area contributed by atoms with Gasteiger partial charge in [0.15, 0.2) is 5.69 Å². The van der Waals surface area contributed by atoms with Gasteiger partial charge in [-0.05, 0) is 56.6 Å². The average molecular weight is 349 g/mol. The van der Waals surface area contributed by atoms with E-state index in [1.165, 1.54) is 0 Å². The number of imidazole rings is 1. The summed E-state index contributed by atoms with van der Waals surface area (Å²) in [7, 11) is 2.12. The third kappa shape index (κ3) is 3.20. The third-order valence-electron chi connectivity index (χ3n) is 5.03. The molecule has 1 aliphatic rings. The summed E-state index contributed by atoms with van der Waals surface area (Å²) in [6.07, 6.45) is 8.56.